The van der Waals surface area contributed by atoms with Gasteiger partial charge in [0.05, 0.1) is 19.7 Å². The number of carboxylic acid groups (broad SMARTS) is 1. The number of hydrogen-bond donors (Lipinski definition) is 1. The molecule has 0 spiro atoms. The van der Waals surface area contributed by atoms with Crippen molar-refractivity contribution in [1.29, 1.82) is 0 Å². The number of carbonyl (C=O) groups is 1. The molecule has 0 fully saturated rings. The van der Waals surface area contributed by atoms with Crippen molar-refractivity contribution >= 4 is 5.97 Å². The molecule has 4 nitrogen and oxygen atoms in total. The number of rotatable bonds is 9. The quantitative estimate of drug-likeness (QED) is 0.455. The number of unbranched alkanes of at least 4 members (excludes halogenated alkanes) is 1. The lowest BCUT2D eigenvalue weighted by Gasteiger charge is -2.16. The molecule has 86 valence electrons. The third kappa shape index (κ3) is 9.26. The summed E-state index contributed by atoms with van der Waals surface area (Å²) in [5.74, 6) is 1.57. The van der Waals surface area contributed by atoms with Crippen molar-refractivity contribution in [1.82, 2.24) is 4.90 Å². The Morgan fingerprint density at radius 2 is 2.27 bits per heavy atom. The minimum atomic E-state index is -0.862. The van der Waals surface area contributed by atoms with Crippen LogP contribution >= 0.6 is 0 Å². The van der Waals surface area contributed by atoms with Gasteiger partial charge in [0.25, 0.3) is 0 Å². The van der Waals surface area contributed by atoms with Gasteiger partial charge in [0.2, 0.25) is 0 Å². The van der Waals surface area contributed by atoms with Gasteiger partial charge in [0, 0.05) is 13.2 Å². The van der Waals surface area contributed by atoms with Crippen LogP contribution in [0.2, 0.25) is 0 Å². The van der Waals surface area contributed by atoms with E-state index in [1.807, 2.05) is 0 Å². The Morgan fingerprint density at radius 3 is 2.80 bits per heavy atom. The van der Waals surface area contributed by atoms with E-state index in [2.05, 4.69) is 12.8 Å². The fourth-order valence-corrected chi connectivity index (χ4v) is 1.08. The van der Waals surface area contributed by atoms with E-state index in [0.29, 0.717) is 19.7 Å². The normalized spacial score (nSPS) is 10.2. The van der Waals surface area contributed by atoms with Gasteiger partial charge < -0.3 is 9.84 Å². The number of nitrogens with zero attached hydrogens (tertiary/aromatic N) is 1. The van der Waals surface area contributed by atoms with Crippen LogP contribution in [-0.2, 0) is 9.53 Å². The van der Waals surface area contributed by atoms with E-state index >= 15 is 0 Å². The maximum absolute atomic E-state index is 10.5. The zero-order valence-corrected chi connectivity index (χ0v) is 9.24. The van der Waals surface area contributed by atoms with Crippen LogP contribution < -0.4 is 0 Å². The first-order valence-electron chi connectivity index (χ1n) is 5.16. The first-order chi connectivity index (χ1) is 7.20. The first kappa shape index (κ1) is 13.9. The Bertz CT molecular complexity index is 210. The Hall–Kier alpha value is -1.05. The van der Waals surface area contributed by atoms with E-state index in [-0.39, 0.29) is 6.54 Å². The second kappa shape index (κ2) is 9.50. The predicted octanol–water partition coefficient (Wildman–Crippen LogP) is 0.823. The number of aliphatic carboxylic acids is 1. The zero-order valence-electron chi connectivity index (χ0n) is 9.24. The fraction of sp³-hybridized carbons (Fsp3) is 0.727. The van der Waals surface area contributed by atoms with Crippen molar-refractivity contribution in [2.45, 2.75) is 19.8 Å². The number of ether oxygens (including phenoxy) is 1. The molecule has 0 saturated heterocycles. The molecule has 0 aliphatic carbocycles. The van der Waals surface area contributed by atoms with Crippen LogP contribution in [0, 0.1) is 12.3 Å². The number of carboxylic acids is 1. The monoisotopic (exact) mass is 213 g/mol. The Kier molecular flexibility index (Phi) is 8.84. The van der Waals surface area contributed by atoms with Crippen molar-refractivity contribution < 1.29 is 14.6 Å². The molecule has 0 aromatic rings. The average molecular weight is 213 g/mol. The molecule has 0 amide bonds. The lowest BCUT2D eigenvalue weighted by atomic mass is 10.4. The van der Waals surface area contributed by atoms with Gasteiger partial charge in [-0.3, -0.25) is 9.69 Å². The molecule has 0 saturated carbocycles. The standard InChI is InChI=1S/C11H19NO3/c1-3-5-8-15-9-7-12(6-4-2)10-11(13)14/h2H,3,5-10H2,1H3,(H,13,14). The van der Waals surface area contributed by atoms with Crippen LogP contribution in [0.4, 0.5) is 0 Å². The average Bonchev–Trinajstić information content (AvgIpc) is 2.17. The fourth-order valence-electron chi connectivity index (χ4n) is 1.08. The van der Waals surface area contributed by atoms with Crippen LogP contribution in [0.5, 0.6) is 0 Å². The minimum Gasteiger partial charge on any atom is -0.480 e. The molecule has 0 heterocycles. The Morgan fingerprint density at radius 1 is 1.53 bits per heavy atom. The SMILES string of the molecule is C#CCN(CCOCCCC)CC(=O)O. The summed E-state index contributed by atoms with van der Waals surface area (Å²) in [6.07, 6.45) is 7.27. The molecule has 0 rings (SSSR count). The summed E-state index contributed by atoms with van der Waals surface area (Å²) in [5.41, 5.74) is 0. The van der Waals surface area contributed by atoms with Gasteiger partial charge in [0.15, 0.2) is 0 Å². The molecule has 1 N–H and O–H groups in total. The summed E-state index contributed by atoms with van der Waals surface area (Å²) in [5, 5.41) is 8.60. The third-order valence-electron chi connectivity index (χ3n) is 1.87. The summed E-state index contributed by atoms with van der Waals surface area (Å²) >= 11 is 0. The van der Waals surface area contributed by atoms with Crippen LogP contribution in [0.3, 0.4) is 0 Å². The largest absolute Gasteiger partial charge is 0.480 e. The van der Waals surface area contributed by atoms with Gasteiger partial charge in [-0.15, -0.1) is 6.42 Å². The summed E-state index contributed by atoms with van der Waals surface area (Å²) in [4.78, 5) is 12.1. The van der Waals surface area contributed by atoms with Gasteiger partial charge in [-0.25, -0.2) is 0 Å². The molecule has 15 heavy (non-hydrogen) atoms. The highest BCUT2D eigenvalue weighted by Crippen LogP contribution is 1.91. The highest BCUT2D eigenvalue weighted by atomic mass is 16.5. The maximum Gasteiger partial charge on any atom is 0.317 e. The highest BCUT2D eigenvalue weighted by molar-refractivity contribution is 5.69. The van der Waals surface area contributed by atoms with E-state index in [9.17, 15) is 4.79 Å². The van der Waals surface area contributed by atoms with Crippen molar-refractivity contribution in [3.05, 3.63) is 0 Å². The Balaban J connectivity index is 3.57. The molecule has 0 unspecified atom stereocenters. The van der Waals surface area contributed by atoms with E-state index in [4.69, 9.17) is 16.3 Å². The van der Waals surface area contributed by atoms with Gasteiger partial charge in [-0.1, -0.05) is 19.3 Å². The van der Waals surface area contributed by atoms with E-state index in [1.54, 1.807) is 4.90 Å². The van der Waals surface area contributed by atoms with Gasteiger partial charge in [-0.05, 0) is 6.42 Å². The molecular weight excluding hydrogens is 194 g/mol. The van der Waals surface area contributed by atoms with E-state index in [0.717, 1.165) is 19.4 Å². The van der Waals surface area contributed by atoms with Crippen molar-refractivity contribution in [2.75, 3.05) is 32.8 Å². The third-order valence-corrected chi connectivity index (χ3v) is 1.87. The summed E-state index contributed by atoms with van der Waals surface area (Å²) < 4.78 is 5.33. The van der Waals surface area contributed by atoms with Crippen LogP contribution in [0.1, 0.15) is 19.8 Å². The molecule has 0 atom stereocenters. The molecule has 0 radical (unpaired) electrons. The Labute approximate surface area is 91.2 Å². The van der Waals surface area contributed by atoms with Crippen LogP contribution in [0.15, 0.2) is 0 Å². The van der Waals surface area contributed by atoms with E-state index in [1.165, 1.54) is 0 Å². The molecule has 0 aliphatic heterocycles. The lowest BCUT2D eigenvalue weighted by Crippen LogP contribution is -2.33. The maximum atomic E-state index is 10.5. The van der Waals surface area contributed by atoms with Crippen LogP contribution in [-0.4, -0.2) is 48.8 Å². The summed E-state index contributed by atoms with van der Waals surface area (Å²) in [6.45, 7) is 4.26. The second-order valence-corrected chi connectivity index (χ2v) is 3.27. The van der Waals surface area contributed by atoms with Crippen molar-refractivity contribution in [3.8, 4) is 12.3 Å². The summed E-state index contributed by atoms with van der Waals surface area (Å²) in [7, 11) is 0. The molecule has 0 bridgehead atoms. The molecular formula is C11H19NO3. The molecule has 0 aliphatic rings. The predicted molar refractivity (Wildman–Crippen MR) is 58.6 cm³/mol. The van der Waals surface area contributed by atoms with Gasteiger partial charge in [0.1, 0.15) is 0 Å². The first-order valence-corrected chi connectivity index (χ1v) is 5.16. The second-order valence-electron chi connectivity index (χ2n) is 3.27. The van der Waals surface area contributed by atoms with Gasteiger partial charge in [-0.2, -0.15) is 0 Å². The summed E-state index contributed by atoms with van der Waals surface area (Å²) in [6, 6.07) is 0. The van der Waals surface area contributed by atoms with Crippen LogP contribution in [0.25, 0.3) is 0 Å². The van der Waals surface area contributed by atoms with Crippen molar-refractivity contribution in [2.24, 2.45) is 0 Å². The number of terminal acetylenes is 1. The topological polar surface area (TPSA) is 49.8 Å². The van der Waals surface area contributed by atoms with Gasteiger partial charge >= 0.3 is 5.97 Å². The lowest BCUT2D eigenvalue weighted by molar-refractivity contribution is -0.138. The zero-order chi connectivity index (χ0) is 11.5. The van der Waals surface area contributed by atoms with Crippen molar-refractivity contribution in [3.63, 3.8) is 0 Å². The highest BCUT2D eigenvalue weighted by Gasteiger charge is 2.07. The van der Waals surface area contributed by atoms with E-state index < -0.39 is 5.97 Å². The molecule has 4 heteroatoms. The smallest absolute Gasteiger partial charge is 0.317 e. The number of hydrogen-bond acceptors (Lipinski definition) is 3. The minimum absolute atomic E-state index is 0.0265. The molecule has 0 aromatic carbocycles. The molecule has 0 aromatic heterocycles.